The zero-order valence-electron chi connectivity index (χ0n) is 13.3. The SMILES string of the molecule is COC(=O)C(C)N1C(=O)SC(=Cc2ccc(OC)c(C)c2)C1=O. The number of hydrogen-bond donors (Lipinski definition) is 0. The number of carbonyl (C=O) groups is 3. The minimum absolute atomic E-state index is 0.273. The Bertz CT molecular complexity index is 698. The standard InChI is InChI=1S/C16H17NO5S/c1-9-7-11(5-6-12(9)21-3)8-13-14(18)17(16(20)23-13)10(2)15(19)22-4/h5-8,10H,1-4H3. The number of methoxy groups -OCH3 is 2. The van der Waals surface area contributed by atoms with Crippen molar-refractivity contribution in [1.82, 2.24) is 4.90 Å². The predicted octanol–water partition coefficient (Wildman–Crippen LogP) is 2.60. The lowest BCUT2D eigenvalue weighted by Crippen LogP contribution is -2.42. The highest BCUT2D eigenvalue weighted by Crippen LogP contribution is 2.34. The molecular weight excluding hydrogens is 318 g/mol. The highest BCUT2D eigenvalue weighted by atomic mass is 32.2. The number of esters is 1. The molecule has 1 aromatic carbocycles. The molecule has 0 bridgehead atoms. The summed E-state index contributed by atoms with van der Waals surface area (Å²) < 4.78 is 9.78. The van der Waals surface area contributed by atoms with Gasteiger partial charge in [0, 0.05) is 0 Å². The molecule has 1 heterocycles. The number of nitrogens with zero attached hydrogens (tertiary/aromatic N) is 1. The highest BCUT2D eigenvalue weighted by molar-refractivity contribution is 8.18. The molecule has 2 rings (SSSR count). The first kappa shape index (κ1) is 17.1. The molecular formula is C16H17NO5S. The van der Waals surface area contributed by atoms with E-state index in [0.717, 1.165) is 33.5 Å². The van der Waals surface area contributed by atoms with Crippen LogP contribution in [0.4, 0.5) is 4.79 Å². The zero-order valence-corrected chi connectivity index (χ0v) is 14.1. The number of benzene rings is 1. The van der Waals surface area contributed by atoms with Crippen LogP contribution in [0.2, 0.25) is 0 Å². The van der Waals surface area contributed by atoms with Gasteiger partial charge in [-0.3, -0.25) is 14.5 Å². The van der Waals surface area contributed by atoms with E-state index in [-0.39, 0.29) is 4.91 Å². The van der Waals surface area contributed by atoms with Crippen LogP contribution in [0, 0.1) is 6.92 Å². The third-order valence-corrected chi connectivity index (χ3v) is 4.35. The summed E-state index contributed by atoms with van der Waals surface area (Å²) >= 11 is 0.808. The summed E-state index contributed by atoms with van der Waals surface area (Å²) in [4.78, 5) is 37.1. The van der Waals surface area contributed by atoms with Crippen LogP contribution >= 0.6 is 11.8 Å². The van der Waals surface area contributed by atoms with Crippen LogP contribution in [-0.2, 0) is 14.3 Å². The summed E-state index contributed by atoms with van der Waals surface area (Å²) in [6.07, 6.45) is 1.63. The molecule has 0 N–H and O–H groups in total. The Kier molecular flexibility index (Phi) is 5.10. The largest absolute Gasteiger partial charge is 0.496 e. The molecule has 1 aromatic rings. The normalized spacial score (nSPS) is 17.6. The van der Waals surface area contributed by atoms with Crippen LogP contribution in [-0.4, -0.2) is 42.3 Å². The maximum atomic E-state index is 12.4. The van der Waals surface area contributed by atoms with Gasteiger partial charge in [-0.05, 0) is 54.9 Å². The second-order valence-electron chi connectivity index (χ2n) is 4.98. The Morgan fingerprint density at radius 2 is 2.00 bits per heavy atom. The second kappa shape index (κ2) is 6.87. The van der Waals surface area contributed by atoms with Gasteiger partial charge in [-0.25, -0.2) is 4.79 Å². The number of thioether (sulfide) groups is 1. The Labute approximate surface area is 138 Å². The Balaban J connectivity index is 2.28. The molecule has 1 atom stereocenters. The van der Waals surface area contributed by atoms with Gasteiger partial charge in [-0.2, -0.15) is 0 Å². The first-order valence-electron chi connectivity index (χ1n) is 6.88. The predicted molar refractivity (Wildman–Crippen MR) is 87.0 cm³/mol. The van der Waals surface area contributed by atoms with Crippen molar-refractivity contribution in [1.29, 1.82) is 0 Å². The van der Waals surface area contributed by atoms with Gasteiger partial charge < -0.3 is 9.47 Å². The van der Waals surface area contributed by atoms with E-state index in [1.54, 1.807) is 25.3 Å². The Morgan fingerprint density at radius 1 is 1.30 bits per heavy atom. The fraction of sp³-hybridized carbons (Fsp3) is 0.312. The summed E-state index contributed by atoms with van der Waals surface area (Å²) in [6.45, 7) is 3.35. The molecule has 7 heteroatoms. The first-order valence-corrected chi connectivity index (χ1v) is 7.70. The third-order valence-electron chi connectivity index (χ3n) is 3.47. The van der Waals surface area contributed by atoms with E-state index in [1.165, 1.54) is 14.0 Å². The first-order chi connectivity index (χ1) is 10.9. The molecule has 0 radical (unpaired) electrons. The van der Waals surface area contributed by atoms with Crippen molar-refractivity contribution in [3.05, 3.63) is 34.2 Å². The highest BCUT2D eigenvalue weighted by Gasteiger charge is 2.41. The van der Waals surface area contributed by atoms with Crippen LogP contribution in [0.15, 0.2) is 23.1 Å². The quantitative estimate of drug-likeness (QED) is 0.622. The molecule has 0 aromatic heterocycles. The van der Waals surface area contributed by atoms with Crippen LogP contribution in [0.25, 0.3) is 6.08 Å². The van der Waals surface area contributed by atoms with Crippen molar-refractivity contribution < 1.29 is 23.9 Å². The van der Waals surface area contributed by atoms with Crippen LogP contribution < -0.4 is 4.74 Å². The van der Waals surface area contributed by atoms with E-state index in [9.17, 15) is 14.4 Å². The minimum Gasteiger partial charge on any atom is -0.496 e. The van der Waals surface area contributed by atoms with Crippen molar-refractivity contribution in [3.8, 4) is 5.75 Å². The van der Waals surface area contributed by atoms with Crippen molar-refractivity contribution in [3.63, 3.8) is 0 Å². The molecule has 0 aliphatic carbocycles. The van der Waals surface area contributed by atoms with Gasteiger partial charge in [-0.1, -0.05) is 6.07 Å². The summed E-state index contributed by atoms with van der Waals surface area (Å²) in [5, 5.41) is -0.482. The topological polar surface area (TPSA) is 72.9 Å². The molecule has 6 nitrogen and oxygen atoms in total. The van der Waals surface area contributed by atoms with Gasteiger partial charge in [0.25, 0.3) is 11.1 Å². The van der Waals surface area contributed by atoms with E-state index >= 15 is 0 Å². The van der Waals surface area contributed by atoms with E-state index in [0.29, 0.717) is 0 Å². The monoisotopic (exact) mass is 335 g/mol. The summed E-state index contributed by atoms with van der Waals surface area (Å²) in [5.41, 5.74) is 1.70. The molecule has 1 unspecified atom stereocenters. The Morgan fingerprint density at radius 3 is 2.57 bits per heavy atom. The lowest BCUT2D eigenvalue weighted by Gasteiger charge is -2.18. The maximum Gasteiger partial charge on any atom is 0.328 e. The minimum atomic E-state index is -0.948. The summed E-state index contributed by atoms with van der Waals surface area (Å²) in [5.74, 6) is -0.380. The lowest BCUT2D eigenvalue weighted by molar-refractivity contribution is -0.148. The number of hydrogen-bond acceptors (Lipinski definition) is 6. The smallest absolute Gasteiger partial charge is 0.328 e. The molecule has 1 aliphatic heterocycles. The molecule has 1 fully saturated rings. The fourth-order valence-corrected chi connectivity index (χ4v) is 3.14. The number of amides is 2. The lowest BCUT2D eigenvalue weighted by atomic mass is 10.1. The van der Waals surface area contributed by atoms with Crippen molar-refractivity contribution in [2.45, 2.75) is 19.9 Å². The Hall–Kier alpha value is -2.28. The number of imide groups is 1. The van der Waals surface area contributed by atoms with Gasteiger partial charge in [0.1, 0.15) is 11.8 Å². The summed E-state index contributed by atoms with van der Waals surface area (Å²) in [7, 11) is 2.80. The molecule has 1 saturated heterocycles. The molecule has 0 spiro atoms. The van der Waals surface area contributed by atoms with Gasteiger partial charge in [0.05, 0.1) is 19.1 Å². The maximum absolute atomic E-state index is 12.4. The second-order valence-corrected chi connectivity index (χ2v) is 5.97. The van der Waals surface area contributed by atoms with Gasteiger partial charge >= 0.3 is 5.97 Å². The van der Waals surface area contributed by atoms with E-state index in [2.05, 4.69) is 4.74 Å². The number of aryl methyl sites for hydroxylation is 1. The van der Waals surface area contributed by atoms with E-state index in [1.807, 2.05) is 13.0 Å². The molecule has 23 heavy (non-hydrogen) atoms. The average molecular weight is 335 g/mol. The van der Waals surface area contributed by atoms with Crippen molar-refractivity contribution >= 4 is 35.0 Å². The van der Waals surface area contributed by atoms with Gasteiger partial charge in [0.2, 0.25) is 0 Å². The number of ether oxygens (including phenoxy) is 2. The fourth-order valence-electron chi connectivity index (χ4n) is 2.23. The van der Waals surface area contributed by atoms with E-state index < -0.39 is 23.2 Å². The third kappa shape index (κ3) is 3.39. The molecule has 1 aliphatic rings. The number of carbonyl (C=O) groups excluding carboxylic acids is 3. The molecule has 2 amide bonds. The molecule has 0 saturated carbocycles. The van der Waals surface area contributed by atoms with E-state index in [4.69, 9.17) is 4.74 Å². The molecule has 122 valence electrons. The average Bonchev–Trinajstić information content (AvgIpc) is 2.80. The van der Waals surface area contributed by atoms with Crippen LogP contribution in [0.3, 0.4) is 0 Å². The van der Waals surface area contributed by atoms with Crippen molar-refractivity contribution in [2.24, 2.45) is 0 Å². The summed E-state index contributed by atoms with van der Waals surface area (Å²) in [6, 6.07) is 4.50. The zero-order chi connectivity index (χ0) is 17.1. The van der Waals surface area contributed by atoms with Crippen LogP contribution in [0.5, 0.6) is 5.75 Å². The van der Waals surface area contributed by atoms with Gasteiger partial charge in [-0.15, -0.1) is 0 Å². The van der Waals surface area contributed by atoms with Crippen molar-refractivity contribution in [2.75, 3.05) is 14.2 Å². The number of rotatable bonds is 4. The van der Waals surface area contributed by atoms with Gasteiger partial charge in [0.15, 0.2) is 0 Å². The van der Waals surface area contributed by atoms with Crippen LogP contribution in [0.1, 0.15) is 18.1 Å².